The Morgan fingerprint density at radius 2 is 2.06 bits per heavy atom. The van der Waals surface area contributed by atoms with Gasteiger partial charge in [0.25, 0.3) is 0 Å². The van der Waals surface area contributed by atoms with Crippen molar-refractivity contribution in [1.82, 2.24) is 4.98 Å². The fraction of sp³-hybridized carbons (Fsp3) is 0.583. The minimum absolute atomic E-state index is 0.0221. The number of aromatic nitrogens is 1. The zero-order chi connectivity index (χ0) is 11.2. The topological polar surface area (TPSA) is 57.4 Å². The number of hydrogen-bond donors (Lipinski definition) is 1. The fourth-order valence-electron chi connectivity index (χ4n) is 1.89. The molecule has 4 heteroatoms. The van der Waals surface area contributed by atoms with E-state index in [1.165, 1.54) is 0 Å². The third-order valence-corrected chi connectivity index (χ3v) is 2.82. The van der Waals surface area contributed by atoms with Crippen LogP contribution in [-0.4, -0.2) is 30.8 Å². The van der Waals surface area contributed by atoms with Crippen molar-refractivity contribution >= 4 is 0 Å². The third-order valence-electron chi connectivity index (χ3n) is 2.82. The number of nitrogens with zero attached hydrogens (tertiary/aromatic N) is 1. The molecule has 0 radical (unpaired) electrons. The van der Waals surface area contributed by atoms with Gasteiger partial charge in [-0.1, -0.05) is 0 Å². The highest BCUT2D eigenvalue weighted by atomic mass is 16.5. The van der Waals surface area contributed by atoms with Crippen LogP contribution in [0.15, 0.2) is 24.5 Å². The standard InChI is InChI=1S/C12H18N2O2/c13-9-12(10-1-5-14-6-2-10)16-11-3-7-15-8-4-11/h1-2,5-6,11-12H,3-4,7-9,13H2. The first-order chi connectivity index (χ1) is 7.90. The summed E-state index contributed by atoms with van der Waals surface area (Å²) in [6.45, 7) is 2.08. The molecule has 1 aromatic heterocycles. The van der Waals surface area contributed by atoms with Crippen LogP contribution in [0.25, 0.3) is 0 Å². The van der Waals surface area contributed by atoms with Gasteiger partial charge in [0, 0.05) is 32.2 Å². The lowest BCUT2D eigenvalue weighted by molar-refractivity contribution is -0.0665. The highest BCUT2D eigenvalue weighted by molar-refractivity contribution is 5.13. The smallest absolute Gasteiger partial charge is 0.0951 e. The average molecular weight is 222 g/mol. The van der Waals surface area contributed by atoms with Gasteiger partial charge in [-0.15, -0.1) is 0 Å². The predicted molar refractivity (Wildman–Crippen MR) is 61.0 cm³/mol. The van der Waals surface area contributed by atoms with Gasteiger partial charge in [0.1, 0.15) is 0 Å². The van der Waals surface area contributed by atoms with Crippen molar-refractivity contribution in [1.29, 1.82) is 0 Å². The van der Waals surface area contributed by atoms with Crippen molar-refractivity contribution in [3.05, 3.63) is 30.1 Å². The number of pyridine rings is 1. The molecule has 1 fully saturated rings. The maximum absolute atomic E-state index is 5.99. The Labute approximate surface area is 95.8 Å². The van der Waals surface area contributed by atoms with Gasteiger partial charge >= 0.3 is 0 Å². The van der Waals surface area contributed by atoms with Gasteiger partial charge in [0.05, 0.1) is 12.2 Å². The highest BCUT2D eigenvalue weighted by Crippen LogP contribution is 2.21. The van der Waals surface area contributed by atoms with E-state index in [0.717, 1.165) is 31.6 Å². The molecule has 16 heavy (non-hydrogen) atoms. The molecule has 1 atom stereocenters. The van der Waals surface area contributed by atoms with Crippen molar-refractivity contribution in [2.24, 2.45) is 5.73 Å². The lowest BCUT2D eigenvalue weighted by Gasteiger charge is -2.27. The first-order valence-corrected chi connectivity index (χ1v) is 5.73. The van der Waals surface area contributed by atoms with Crippen molar-refractivity contribution in [3.8, 4) is 0 Å². The highest BCUT2D eigenvalue weighted by Gasteiger charge is 2.19. The normalized spacial score (nSPS) is 19.6. The molecule has 1 aromatic rings. The maximum atomic E-state index is 5.99. The predicted octanol–water partition coefficient (Wildman–Crippen LogP) is 1.28. The molecule has 2 N–H and O–H groups in total. The second-order valence-corrected chi connectivity index (χ2v) is 3.95. The molecule has 0 amide bonds. The molecule has 0 aliphatic carbocycles. The van der Waals surface area contributed by atoms with Crippen LogP contribution in [0.3, 0.4) is 0 Å². The lowest BCUT2D eigenvalue weighted by Crippen LogP contribution is -2.28. The zero-order valence-corrected chi connectivity index (χ0v) is 9.34. The Hall–Kier alpha value is -0.970. The van der Waals surface area contributed by atoms with E-state index < -0.39 is 0 Å². The number of ether oxygens (including phenoxy) is 2. The number of rotatable bonds is 4. The fourth-order valence-corrected chi connectivity index (χ4v) is 1.89. The molecule has 0 spiro atoms. The van der Waals surface area contributed by atoms with Crippen LogP contribution >= 0.6 is 0 Å². The zero-order valence-electron chi connectivity index (χ0n) is 9.34. The summed E-state index contributed by atoms with van der Waals surface area (Å²) >= 11 is 0. The van der Waals surface area contributed by atoms with E-state index in [1.807, 2.05) is 12.1 Å². The van der Waals surface area contributed by atoms with Gasteiger partial charge in [0.2, 0.25) is 0 Å². The largest absolute Gasteiger partial charge is 0.381 e. The van der Waals surface area contributed by atoms with E-state index in [0.29, 0.717) is 6.54 Å². The Morgan fingerprint density at radius 1 is 1.38 bits per heavy atom. The van der Waals surface area contributed by atoms with Crippen LogP contribution in [0.5, 0.6) is 0 Å². The van der Waals surface area contributed by atoms with Crippen LogP contribution in [0, 0.1) is 0 Å². The molecule has 0 saturated carbocycles. The third kappa shape index (κ3) is 3.01. The minimum Gasteiger partial charge on any atom is -0.381 e. The summed E-state index contributed by atoms with van der Waals surface area (Å²) in [5.41, 5.74) is 6.85. The minimum atomic E-state index is -0.0221. The van der Waals surface area contributed by atoms with E-state index >= 15 is 0 Å². The van der Waals surface area contributed by atoms with Crippen molar-refractivity contribution < 1.29 is 9.47 Å². The summed E-state index contributed by atoms with van der Waals surface area (Å²) in [5, 5.41) is 0. The molecule has 2 rings (SSSR count). The summed E-state index contributed by atoms with van der Waals surface area (Å²) in [6, 6.07) is 3.91. The first kappa shape index (κ1) is 11.5. The Kier molecular flexibility index (Phi) is 4.27. The second-order valence-electron chi connectivity index (χ2n) is 3.95. The molecule has 1 aliphatic rings. The van der Waals surface area contributed by atoms with Crippen LogP contribution < -0.4 is 5.73 Å². The SMILES string of the molecule is NCC(OC1CCOCC1)c1ccncc1. The molecule has 1 saturated heterocycles. The summed E-state index contributed by atoms with van der Waals surface area (Å²) in [5.74, 6) is 0. The van der Waals surface area contributed by atoms with Gasteiger partial charge in [-0.25, -0.2) is 0 Å². The average Bonchev–Trinajstić information content (AvgIpc) is 2.38. The molecule has 1 unspecified atom stereocenters. The van der Waals surface area contributed by atoms with Crippen molar-refractivity contribution in [3.63, 3.8) is 0 Å². The Bertz CT molecular complexity index is 299. The molecular formula is C12H18N2O2. The van der Waals surface area contributed by atoms with Gasteiger partial charge in [0.15, 0.2) is 0 Å². The van der Waals surface area contributed by atoms with Gasteiger partial charge in [-0.2, -0.15) is 0 Å². The van der Waals surface area contributed by atoms with Gasteiger partial charge in [-0.05, 0) is 30.5 Å². The first-order valence-electron chi connectivity index (χ1n) is 5.73. The Morgan fingerprint density at radius 3 is 2.69 bits per heavy atom. The van der Waals surface area contributed by atoms with E-state index in [1.54, 1.807) is 12.4 Å². The summed E-state index contributed by atoms with van der Waals surface area (Å²) in [6.07, 6.45) is 5.71. The van der Waals surface area contributed by atoms with E-state index in [-0.39, 0.29) is 12.2 Å². The van der Waals surface area contributed by atoms with E-state index in [4.69, 9.17) is 15.2 Å². The molecular weight excluding hydrogens is 204 g/mol. The molecule has 4 nitrogen and oxygen atoms in total. The van der Waals surface area contributed by atoms with Crippen LogP contribution in [0.1, 0.15) is 24.5 Å². The molecule has 0 aromatic carbocycles. The maximum Gasteiger partial charge on any atom is 0.0951 e. The van der Waals surface area contributed by atoms with Crippen LogP contribution in [0.4, 0.5) is 0 Å². The second kappa shape index (κ2) is 5.94. The summed E-state index contributed by atoms with van der Waals surface area (Å²) < 4.78 is 11.3. The molecule has 88 valence electrons. The van der Waals surface area contributed by atoms with Gasteiger partial charge in [-0.3, -0.25) is 4.98 Å². The summed E-state index contributed by atoms with van der Waals surface area (Å²) in [7, 11) is 0. The molecule has 0 bridgehead atoms. The summed E-state index contributed by atoms with van der Waals surface area (Å²) in [4.78, 5) is 3.99. The lowest BCUT2D eigenvalue weighted by atomic mass is 10.1. The van der Waals surface area contributed by atoms with Crippen LogP contribution in [-0.2, 0) is 9.47 Å². The van der Waals surface area contributed by atoms with E-state index in [9.17, 15) is 0 Å². The molecule has 1 aliphatic heterocycles. The quantitative estimate of drug-likeness (QED) is 0.833. The number of nitrogens with two attached hydrogens (primary N) is 1. The van der Waals surface area contributed by atoms with Crippen LogP contribution in [0.2, 0.25) is 0 Å². The van der Waals surface area contributed by atoms with Gasteiger partial charge < -0.3 is 15.2 Å². The Balaban J connectivity index is 1.94. The van der Waals surface area contributed by atoms with Crippen molar-refractivity contribution in [2.75, 3.05) is 19.8 Å². The monoisotopic (exact) mass is 222 g/mol. The molecule has 2 heterocycles. The van der Waals surface area contributed by atoms with E-state index in [2.05, 4.69) is 4.98 Å². The van der Waals surface area contributed by atoms with Crippen molar-refractivity contribution in [2.45, 2.75) is 25.0 Å². The number of hydrogen-bond acceptors (Lipinski definition) is 4.